The fourth-order valence-corrected chi connectivity index (χ4v) is 2.72. The molecule has 0 aliphatic carbocycles. The van der Waals surface area contributed by atoms with Crippen LogP contribution in [0.2, 0.25) is 0 Å². The molecule has 1 saturated heterocycles. The molecule has 0 aromatic carbocycles. The van der Waals surface area contributed by atoms with Crippen LogP contribution < -0.4 is 5.32 Å². The number of rotatable bonds is 9. The highest BCUT2D eigenvalue weighted by Crippen LogP contribution is 2.27. The molecule has 1 N–H and O–H groups in total. The molecule has 0 bridgehead atoms. The molecule has 0 aromatic rings. The Kier molecular flexibility index (Phi) is 7.83. The van der Waals surface area contributed by atoms with Gasteiger partial charge >= 0.3 is 0 Å². The van der Waals surface area contributed by atoms with Gasteiger partial charge in [0.2, 0.25) is 0 Å². The Morgan fingerprint density at radius 2 is 1.65 bits per heavy atom. The quantitative estimate of drug-likeness (QED) is 0.583. The predicted molar refractivity (Wildman–Crippen MR) is 73.2 cm³/mol. The maximum Gasteiger partial charge on any atom is 0.123 e. The lowest BCUT2D eigenvalue weighted by Crippen LogP contribution is -2.42. The summed E-state index contributed by atoms with van der Waals surface area (Å²) in [6.07, 6.45) is 12.9. The second-order valence-electron chi connectivity index (χ2n) is 5.66. The molecule has 1 heterocycles. The van der Waals surface area contributed by atoms with Crippen LogP contribution in [-0.4, -0.2) is 18.8 Å². The first-order valence-electron chi connectivity index (χ1n) is 7.66. The fraction of sp³-hybridized carbons (Fsp3) is 1.00. The van der Waals surface area contributed by atoms with Gasteiger partial charge in [-0.3, -0.25) is 0 Å². The van der Waals surface area contributed by atoms with Crippen molar-refractivity contribution in [2.24, 2.45) is 0 Å². The van der Waals surface area contributed by atoms with Crippen LogP contribution in [0.15, 0.2) is 0 Å². The number of halogens is 1. The highest BCUT2D eigenvalue weighted by Gasteiger charge is 2.30. The van der Waals surface area contributed by atoms with E-state index in [0.717, 1.165) is 32.2 Å². The van der Waals surface area contributed by atoms with Crippen molar-refractivity contribution in [3.05, 3.63) is 0 Å². The van der Waals surface area contributed by atoms with E-state index < -0.39 is 5.67 Å². The first-order chi connectivity index (χ1) is 8.27. The van der Waals surface area contributed by atoms with Crippen molar-refractivity contribution in [1.82, 2.24) is 5.32 Å². The Labute approximate surface area is 107 Å². The predicted octanol–water partition coefficient (Wildman–Crippen LogP) is 4.61. The monoisotopic (exact) mass is 243 g/mol. The van der Waals surface area contributed by atoms with Crippen LogP contribution >= 0.6 is 0 Å². The van der Waals surface area contributed by atoms with Gasteiger partial charge in [0.15, 0.2) is 0 Å². The summed E-state index contributed by atoms with van der Waals surface area (Å²) < 4.78 is 14.2. The number of nitrogens with one attached hydrogen (secondary N) is 1. The largest absolute Gasteiger partial charge is 0.314 e. The standard InChI is InChI=1S/C15H30FN/c1-2-3-4-5-6-7-8-9-11-15(16)12-10-13-17-14-15/h17H,2-14H2,1H3. The molecule has 1 fully saturated rings. The molecule has 0 radical (unpaired) electrons. The van der Waals surface area contributed by atoms with Crippen LogP contribution in [0.4, 0.5) is 4.39 Å². The van der Waals surface area contributed by atoms with Crippen LogP contribution in [0.3, 0.4) is 0 Å². The van der Waals surface area contributed by atoms with E-state index in [-0.39, 0.29) is 0 Å². The molecule has 1 atom stereocenters. The number of alkyl halides is 1. The molecule has 102 valence electrons. The van der Waals surface area contributed by atoms with Crippen molar-refractivity contribution in [1.29, 1.82) is 0 Å². The molecule has 0 saturated carbocycles. The average molecular weight is 243 g/mol. The molecule has 0 amide bonds. The van der Waals surface area contributed by atoms with Gasteiger partial charge < -0.3 is 5.32 Å². The number of piperidine rings is 1. The van der Waals surface area contributed by atoms with Gasteiger partial charge in [0.1, 0.15) is 5.67 Å². The van der Waals surface area contributed by atoms with E-state index >= 15 is 0 Å². The molecule has 1 nitrogen and oxygen atoms in total. The number of unbranched alkanes of at least 4 members (excludes halogenated alkanes) is 7. The van der Waals surface area contributed by atoms with Crippen LogP contribution in [0, 0.1) is 0 Å². The second kappa shape index (κ2) is 8.91. The molecule has 1 unspecified atom stereocenters. The minimum atomic E-state index is -0.888. The Bertz CT molecular complexity index is 176. The minimum absolute atomic E-state index is 0.587. The molecule has 1 rings (SSSR count). The maximum absolute atomic E-state index is 14.2. The summed E-state index contributed by atoms with van der Waals surface area (Å²) in [7, 11) is 0. The van der Waals surface area contributed by atoms with Gasteiger partial charge in [-0.1, -0.05) is 58.3 Å². The lowest BCUT2D eigenvalue weighted by Gasteiger charge is -2.30. The molecule has 0 spiro atoms. The molecule has 1 aliphatic heterocycles. The second-order valence-corrected chi connectivity index (χ2v) is 5.66. The Hall–Kier alpha value is -0.110. The zero-order valence-electron chi connectivity index (χ0n) is 11.6. The molecular weight excluding hydrogens is 213 g/mol. The van der Waals surface area contributed by atoms with Crippen LogP contribution in [0.25, 0.3) is 0 Å². The van der Waals surface area contributed by atoms with Crippen molar-refractivity contribution < 1.29 is 4.39 Å². The van der Waals surface area contributed by atoms with Gasteiger partial charge in [0.05, 0.1) is 0 Å². The first kappa shape index (κ1) is 14.9. The number of hydrogen-bond donors (Lipinski definition) is 1. The highest BCUT2D eigenvalue weighted by atomic mass is 19.1. The topological polar surface area (TPSA) is 12.0 Å². The lowest BCUT2D eigenvalue weighted by atomic mass is 9.90. The van der Waals surface area contributed by atoms with Gasteiger partial charge in [-0.05, 0) is 25.8 Å². The molecule has 2 heteroatoms. The van der Waals surface area contributed by atoms with Crippen molar-refractivity contribution in [3.63, 3.8) is 0 Å². The molecule has 1 aliphatic rings. The number of hydrogen-bond acceptors (Lipinski definition) is 1. The molecule has 0 aromatic heterocycles. The Balaban J connectivity index is 1.89. The van der Waals surface area contributed by atoms with Crippen LogP contribution in [0.5, 0.6) is 0 Å². The summed E-state index contributed by atoms with van der Waals surface area (Å²) in [4.78, 5) is 0. The van der Waals surface area contributed by atoms with Gasteiger partial charge in [0, 0.05) is 6.54 Å². The highest BCUT2D eigenvalue weighted by molar-refractivity contribution is 4.85. The van der Waals surface area contributed by atoms with Gasteiger partial charge in [-0.2, -0.15) is 0 Å². The van der Waals surface area contributed by atoms with Gasteiger partial charge in [0.25, 0.3) is 0 Å². The van der Waals surface area contributed by atoms with E-state index in [1.165, 1.54) is 44.9 Å². The van der Waals surface area contributed by atoms with Crippen molar-refractivity contribution in [2.45, 2.75) is 83.2 Å². The summed E-state index contributed by atoms with van der Waals surface area (Å²) in [5.41, 5.74) is -0.888. The Morgan fingerprint density at radius 3 is 2.24 bits per heavy atom. The van der Waals surface area contributed by atoms with Crippen molar-refractivity contribution >= 4 is 0 Å². The summed E-state index contributed by atoms with van der Waals surface area (Å²) in [5, 5.41) is 3.18. The van der Waals surface area contributed by atoms with E-state index in [2.05, 4.69) is 12.2 Å². The lowest BCUT2D eigenvalue weighted by molar-refractivity contribution is 0.107. The van der Waals surface area contributed by atoms with E-state index in [9.17, 15) is 4.39 Å². The van der Waals surface area contributed by atoms with Crippen LogP contribution in [0.1, 0.15) is 77.6 Å². The fourth-order valence-electron chi connectivity index (χ4n) is 2.72. The SMILES string of the molecule is CCCCCCCCCCC1(F)CCCNC1. The van der Waals surface area contributed by atoms with Gasteiger partial charge in [-0.25, -0.2) is 4.39 Å². The van der Waals surface area contributed by atoms with Crippen molar-refractivity contribution in [3.8, 4) is 0 Å². The van der Waals surface area contributed by atoms with E-state index in [4.69, 9.17) is 0 Å². The summed E-state index contributed by atoms with van der Waals surface area (Å²) in [5.74, 6) is 0. The van der Waals surface area contributed by atoms with Crippen LogP contribution in [-0.2, 0) is 0 Å². The maximum atomic E-state index is 14.2. The third-order valence-electron chi connectivity index (χ3n) is 3.90. The van der Waals surface area contributed by atoms with E-state index in [1.807, 2.05) is 0 Å². The Morgan fingerprint density at radius 1 is 1.00 bits per heavy atom. The minimum Gasteiger partial charge on any atom is -0.314 e. The molecular formula is C15H30FN. The van der Waals surface area contributed by atoms with E-state index in [0.29, 0.717) is 6.54 Å². The first-order valence-corrected chi connectivity index (χ1v) is 7.66. The average Bonchev–Trinajstić information content (AvgIpc) is 2.33. The summed E-state index contributed by atoms with van der Waals surface area (Å²) in [6, 6.07) is 0. The van der Waals surface area contributed by atoms with Crippen molar-refractivity contribution in [2.75, 3.05) is 13.1 Å². The normalized spacial score (nSPS) is 25.1. The smallest absolute Gasteiger partial charge is 0.123 e. The molecule has 17 heavy (non-hydrogen) atoms. The van der Waals surface area contributed by atoms with Gasteiger partial charge in [-0.15, -0.1) is 0 Å². The van der Waals surface area contributed by atoms with E-state index in [1.54, 1.807) is 0 Å². The zero-order chi connectivity index (χ0) is 12.4. The summed E-state index contributed by atoms with van der Waals surface area (Å²) >= 11 is 0. The third-order valence-corrected chi connectivity index (χ3v) is 3.90. The third kappa shape index (κ3) is 7.03. The summed E-state index contributed by atoms with van der Waals surface area (Å²) in [6.45, 7) is 3.84. The zero-order valence-corrected chi connectivity index (χ0v) is 11.6.